The van der Waals surface area contributed by atoms with Gasteiger partial charge in [-0.3, -0.25) is 0 Å². The molecule has 1 heterocycles. The van der Waals surface area contributed by atoms with Crippen LogP contribution >= 0.6 is 0 Å². The van der Waals surface area contributed by atoms with Crippen molar-refractivity contribution in [1.29, 1.82) is 0 Å². The number of fused-ring (bicyclic) bond motifs is 1. The number of amides is 1. The lowest BCUT2D eigenvalue weighted by molar-refractivity contribution is -0.268. The van der Waals surface area contributed by atoms with Crippen molar-refractivity contribution in [3.63, 3.8) is 0 Å². The third-order valence-corrected chi connectivity index (χ3v) is 6.21. The lowest BCUT2D eigenvalue weighted by atomic mass is 9.87. The van der Waals surface area contributed by atoms with E-state index in [-0.39, 0.29) is 24.4 Å². The molecular weight excluding hydrogens is 437 g/mol. The number of nitrogens with zero attached hydrogens (tertiary/aromatic N) is 1. The highest BCUT2D eigenvalue weighted by molar-refractivity contribution is 5.89. The molecule has 2 unspecified atom stereocenters. The number of carbonyl (C=O) groups excluding carboxylic acids is 1. The van der Waals surface area contributed by atoms with E-state index in [4.69, 9.17) is 14.2 Å². The molecule has 3 aromatic carbocycles. The van der Waals surface area contributed by atoms with Crippen molar-refractivity contribution in [2.75, 3.05) is 33.4 Å². The van der Waals surface area contributed by atoms with Crippen LogP contribution in [0.3, 0.4) is 0 Å². The van der Waals surface area contributed by atoms with E-state index in [1.54, 1.807) is 19.2 Å². The standard InChI is InChI=1S/C27H30FNO5/c1-32-13-4-14-33-25-16-19(15-21-5-2-3-6-23(21)25)18-34-26-17-29(27(30)31)12-11-24(26)20-7-9-22(28)10-8-20/h2-3,5-10,15-16,24,26H,4,11-14,17-18H2,1H3,(H,30,31)/p-1. The van der Waals surface area contributed by atoms with Crippen LogP contribution in [0.5, 0.6) is 5.75 Å². The maximum Gasteiger partial charge on any atom is 0.137 e. The monoisotopic (exact) mass is 466 g/mol. The normalized spacial score (nSPS) is 18.2. The maximum absolute atomic E-state index is 13.4. The number of carboxylic acid groups (broad SMARTS) is 1. The van der Waals surface area contributed by atoms with Crippen LogP contribution in [-0.4, -0.2) is 50.5 Å². The molecule has 1 aliphatic heterocycles. The Morgan fingerprint density at radius 1 is 1.12 bits per heavy atom. The van der Waals surface area contributed by atoms with Crippen molar-refractivity contribution in [3.8, 4) is 5.75 Å². The van der Waals surface area contributed by atoms with Gasteiger partial charge in [-0.1, -0.05) is 36.4 Å². The molecule has 0 radical (unpaired) electrons. The van der Waals surface area contributed by atoms with Crippen LogP contribution in [0.1, 0.15) is 29.9 Å². The molecule has 0 spiro atoms. The number of piperidine rings is 1. The Morgan fingerprint density at radius 3 is 2.68 bits per heavy atom. The fourth-order valence-corrected chi connectivity index (χ4v) is 4.47. The van der Waals surface area contributed by atoms with Crippen LogP contribution in [0.4, 0.5) is 9.18 Å². The Hall–Kier alpha value is -3.16. The summed E-state index contributed by atoms with van der Waals surface area (Å²) in [6.45, 7) is 2.03. The summed E-state index contributed by atoms with van der Waals surface area (Å²) in [7, 11) is 1.67. The maximum atomic E-state index is 13.4. The molecule has 3 aromatic rings. The Labute approximate surface area is 198 Å². The average molecular weight is 467 g/mol. The summed E-state index contributed by atoms with van der Waals surface area (Å²) < 4.78 is 30.9. The summed E-state index contributed by atoms with van der Waals surface area (Å²) in [5.74, 6) is 0.437. The first-order valence-electron chi connectivity index (χ1n) is 11.5. The van der Waals surface area contributed by atoms with E-state index in [2.05, 4.69) is 6.07 Å². The first-order valence-corrected chi connectivity index (χ1v) is 11.5. The predicted octanol–water partition coefficient (Wildman–Crippen LogP) is 4.11. The zero-order valence-electron chi connectivity index (χ0n) is 19.2. The van der Waals surface area contributed by atoms with Gasteiger partial charge in [-0.25, -0.2) is 4.39 Å². The van der Waals surface area contributed by atoms with Gasteiger partial charge < -0.3 is 29.0 Å². The van der Waals surface area contributed by atoms with Crippen LogP contribution in [0, 0.1) is 5.82 Å². The highest BCUT2D eigenvalue weighted by atomic mass is 19.1. The van der Waals surface area contributed by atoms with Crippen LogP contribution < -0.4 is 9.84 Å². The van der Waals surface area contributed by atoms with Crippen LogP contribution in [-0.2, 0) is 16.1 Å². The first-order chi connectivity index (χ1) is 16.5. The predicted molar refractivity (Wildman–Crippen MR) is 125 cm³/mol. The summed E-state index contributed by atoms with van der Waals surface area (Å²) in [4.78, 5) is 12.8. The molecule has 0 saturated carbocycles. The summed E-state index contributed by atoms with van der Waals surface area (Å²) in [6.07, 6.45) is -0.222. The molecule has 1 saturated heterocycles. The smallest absolute Gasteiger partial charge is 0.137 e. The third-order valence-electron chi connectivity index (χ3n) is 6.21. The minimum atomic E-state index is -1.20. The molecular formula is C27H29FNO5-. The minimum Gasteiger partial charge on any atom is -0.530 e. The van der Waals surface area contributed by atoms with E-state index < -0.39 is 6.09 Å². The number of rotatable bonds is 9. The third kappa shape index (κ3) is 5.85. The summed E-state index contributed by atoms with van der Waals surface area (Å²) in [5.41, 5.74) is 1.87. The molecule has 34 heavy (non-hydrogen) atoms. The lowest BCUT2D eigenvalue weighted by Crippen LogP contribution is -2.51. The number of likely N-dealkylation sites (tertiary alicyclic amines) is 1. The van der Waals surface area contributed by atoms with E-state index in [0.29, 0.717) is 32.8 Å². The van der Waals surface area contributed by atoms with Gasteiger partial charge in [0.1, 0.15) is 17.7 Å². The Balaban J connectivity index is 1.53. The number of hydrogen-bond acceptors (Lipinski definition) is 5. The Kier molecular flexibility index (Phi) is 7.98. The van der Waals surface area contributed by atoms with Crippen molar-refractivity contribution in [3.05, 3.63) is 77.6 Å². The summed E-state index contributed by atoms with van der Waals surface area (Å²) in [5, 5.41) is 13.5. The number of benzene rings is 3. The molecule has 0 N–H and O–H groups in total. The van der Waals surface area contributed by atoms with Gasteiger partial charge in [0.2, 0.25) is 0 Å². The lowest BCUT2D eigenvalue weighted by Gasteiger charge is -2.40. The average Bonchev–Trinajstić information content (AvgIpc) is 2.85. The molecule has 0 bridgehead atoms. The van der Waals surface area contributed by atoms with Gasteiger partial charge in [0, 0.05) is 44.5 Å². The van der Waals surface area contributed by atoms with Crippen LogP contribution in [0.2, 0.25) is 0 Å². The highest BCUT2D eigenvalue weighted by Crippen LogP contribution is 2.33. The molecule has 1 aliphatic rings. The van der Waals surface area contributed by atoms with E-state index in [0.717, 1.165) is 34.1 Å². The molecule has 2 atom stereocenters. The zero-order chi connectivity index (χ0) is 23.9. The van der Waals surface area contributed by atoms with Crippen molar-refractivity contribution < 1.29 is 28.5 Å². The SMILES string of the molecule is COCCCOc1cc(COC2CN(C(=O)[O-])CCC2c2ccc(F)cc2)cc2ccccc12. The molecule has 0 aliphatic carbocycles. The van der Waals surface area contributed by atoms with Crippen molar-refractivity contribution in [1.82, 2.24) is 4.90 Å². The fourth-order valence-electron chi connectivity index (χ4n) is 4.47. The van der Waals surface area contributed by atoms with Gasteiger partial charge in [0.25, 0.3) is 0 Å². The van der Waals surface area contributed by atoms with Gasteiger partial charge in [-0.2, -0.15) is 0 Å². The molecule has 1 fully saturated rings. The zero-order valence-corrected chi connectivity index (χ0v) is 19.2. The molecule has 180 valence electrons. The van der Waals surface area contributed by atoms with E-state index in [1.807, 2.05) is 30.3 Å². The number of hydrogen-bond donors (Lipinski definition) is 0. The number of carbonyl (C=O) groups is 1. The molecule has 6 nitrogen and oxygen atoms in total. The van der Waals surface area contributed by atoms with Gasteiger partial charge in [0.15, 0.2) is 0 Å². The second-order valence-electron chi connectivity index (χ2n) is 8.52. The quantitative estimate of drug-likeness (QED) is 0.444. The molecule has 4 rings (SSSR count). The molecule has 7 heteroatoms. The van der Waals surface area contributed by atoms with Gasteiger partial charge in [0.05, 0.1) is 19.3 Å². The number of ether oxygens (including phenoxy) is 3. The Bertz CT molecular complexity index is 1100. The topological polar surface area (TPSA) is 71.1 Å². The van der Waals surface area contributed by atoms with E-state index in [1.165, 1.54) is 17.0 Å². The van der Waals surface area contributed by atoms with Gasteiger partial charge in [-0.15, -0.1) is 0 Å². The van der Waals surface area contributed by atoms with E-state index in [9.17, 15) is 14.3 Å². The second kappa shape index (κ2) is 11.3. The largest absolute Gasteiger partial charge is 0.530 e. The highest BCUT2D eigenvalue weighted by Gasteiger charge is 2.31. The van der Waals surface area contributed by atoms with Crippen molar-refractivity contribution in [2.24, 2.45) is 0 Å². The first kappa shape index (κ1) is 24.0. The number of methoxy groups -OCH3 is 1. The van der Waals surface area contributed by atoms with Crippen LogP contribution in [0.15, 0.2) is 60.7 Å². The van der Waals surface area contributed by atoms with Gasteiger partial charge >= 0.3 is 0 Å². The van der Waals surface area contributed by atoms with E-state index >= 15 is 0 Å². The second-order valence-corrected chi connectivity index (χ2v) is 8.52. The van der Waals surface area contributed by atoms with Crippen molar-refractivity contribution >= 4 is 16.9 Å². The van der Waals surface area contributed by atoms with Gasteiger partial charge in [-0.05, 0) is 47.2 Å². The minimum absolute atomic E-state index is 0.0404. The van der Waals surface area contributed by atoms with Crippen LogP contribution in [0.25, 0.3) is 10.8 Å². The summed E-state index contributed by atoms with van der Waals surface area (Å²) >= 11 is 0. The number of halogens is 1. The summed E-state index contributed by atoms with van der Waals surface area (Å²) in [6, 6.07) is 18.4. The fraction of sp³-hybridized carbons (Fsp3) is 0.370. The van der Waals surface area contributed by atoms with Crippen molar-refractivity contribution in [2.45, 2.75) is 31.5 Å². The molecule has 0 aromatic heterocycles. The Morgan fingerprint density at radius 2 is 1.91 bits per heavy atom. The molecule has 1 amide bonds.